The summed E-state index contributed by atoms with van der Waals surface area (Å²) in [6, 6.07) is 0.789. The standard InChI is InChI=1S/C15H30N2O2/c1-3-18-15(19-4-2)12-17-10-7-13(8-11-17)14-6-5-9-16-14/h13-16H,3-12H2,1-2H3. The lowest BCUT2D eigenvalue weighted by molar-refractivity contribution is -0.149. The van der Waals surface area contributed by atoms with E-state index in [0.717, 1.165) is 31.7 Å². The number of nitrogens with one attached hydrogen (secondary N) is 1. The lowest BCUT2D eigenvalue weighted by Gasteiger charge is -2.36. The van der Waals surface area contributed by atoms with Crippen molar-refractivity contribution in [3.63, 3.8) is 0 Å². The van der Waals surface area contributed by atoms with Crippen LogP contribution >= 0.6 is 0 Å². The normalized spacial score (nSPS) is 26.4. The molecule has 2 rings (SSSR count). The SMILES string of the molecule is CCOC(CN1CCC(C2CCCN2)CC1)OCC. The Morgan fingerprint density at radius 1 is 1.11 bits per heavy atom. The van der Waals surface area contributed by atoms with Gasteiger partial charge in [0.15, 0.2) is 6.29 Å². The van der Waals surface area contributed by atoms with Crippen molar-refractivity contribution in [2.75, 3.05) is 39.4 Å². The van der Waals surface area contributed by atoms with Crippen LogP contribution < -0.4 is 5.32 Å². The van der Waals surface area contributed by atoms with Crippen LogP contribution in [0.1, 0.15) is 39.5 Å². The molecule has 1 N–H and O–H groups in total. The summed E-state index contributed by atoms with van der Waals surface area (Å²) in [7, 11) is 0. The van der Waals surface area contributed by atoms with Gasteiger partial charge >= 0.3 is 0 Å². The van der Waals surface area contributed by atoms with Gasteiger partial charge in [0.05, 0.1) is 0 Å². The molecule has 0 aromatic rings. The molecule has 2 aliphatic heterocycles. The molecule has 0 saturated carbocycles. The van der Waals surface area contributed by atoms with Gasteiger partial charge in [-0.2, -0.15) is 0 Å². The summed E-state index contributed by atoms with van der Waals surface area (Å²) in [5.74, 6) is 0.886. The van der Waals surface area contributed by atoms with E-state index in [0.29, 0.717) is 0 Å². The number of likely N-dealkylation sites (tertiary alicyclic amines) is 1. The zero-order chi connectivity index (χ0) is 13.5. The van der Waals surface area contributed by atoms with Gasteiger partial charge < -0.3 is 14.8 Å². The zero-order valence-electron chi connectivity index (χ0n) is 12.6. The van der Waals surface area contributed by atoms with Crippen LogP contribution in [0, 0.1) is 5.92 Å². The number of piperidine rings is 1. The van der Waals surface area contributed by atoms with E-state index in [2.05, 4.69) is 10.2 Å². The van der Waals surface area contributed by atoms with Gasteiger partial charge in [-0.25, -0.2) is 0 Å². The van der Waals surface area contributed by atoms with E-state index in [1.165, 1.54) is 45.3 Å². The minimum atomic E-state index is -0.0452. The van der Waals surface area contributed by atoms with Gasteiger partial charge in [-0.15, -0.1) is 0 Å². The summed E-state index contributed by atoms with van der Waals surface area (Å²) < 4.78 is 11.3. The first-order valence-electron chi connectivity index (χ1n) is 8.02. The summed E-state index contributed by atoms with van der Waals surface area (Å²) in [4.78, 5) is 2.50. The van der Waals surface area contributed by atoms with Crippen LogP contribution in [0.2, 0.25) is 0 Å². The summed E-state index contributed by atoms with van der Waals surface area (Å²) >= 11 is 0. The lowest BCUT2D eigenvalue weighted by Crippen LogP contribution is -2.44. The monoisotopic (exact) mass is 270 g/mol. The number of ether oxygens (including phenoxy) is 2. The fraction of sp³-hybridized carbons (Fsp3) is 1.00. The van der Waals surface area contributed by atoms with Crippen LogP contribution in [0.3, 0.4) is 0 Å². The van der Waals surface area contributed by atoms with E-state index in [9.17, 15) is 0 Å². The van der Waals surface area contributed by atoms with Crippen LogP contribution in [-0.4, -0.2) is 56.6 Å². The second-order valence-electron chi connectivity index (χ2n) is 5.68. The summed E-state index contributed by atoms with van der Waals surface area (Å²) in [6.45, 7) is 10.1. The molecule has 19 heavy (non-hydrogen) atoms. The third kappa shape index (κ3) is 4.71. The second kappa shape index (κ2) is 8.20. The Morgan fingerprint density at radius 3 is 2.32 bits per heavy atom. The minimum Gasteiger partial charge on any atom is -0.352 e. The minimum absolute atomic E-state index is 0.0452. The van der Waals surface area contributed by atoms with Gasteiger partial charge in [0.1, 0.15) is 0 Å². The summed E-state index contributed by atoms with van der Waals surface area (Å²) in [5.41, 5.74) is 0. The fourth-order valence-electron chi connectivity index (χ4n) is 3.39. The van der Waals surface area contributed by atoms with Gasteiger partial charge in [0, 0.05) is 25.8 Å². The fourth-order valence-corrected chi connectivity index (χ4v) is 3.39. The van der Waals surface area contributed by atoms with E-state index < -0.39 is 0 Å². The molecule has 0 bridgehead atoms. The van der Waals surface area contributed by atoms with Gasteiger partial charge in [0.2, 0.25) is 0 Å². The smallest absolute Gasteiger partial charge is 0.170 e. The first kappa shape index (κ1) is 15.2. The molecule has 2 saturated heterocycles. The molecule has 112 valence electrons. The van der Waals surface area contributed by atoms with Crippen LogP contribution in [0.5, 0.6) is 0 Å². The number of hydrogen-bond donors (Lipinski definition) is 1. The Kier molecular flexibility index (Phi) is 6.57. The van der Waals surface area contributed by atoms with Crippen molar-refractivity contribution in [3.05, 3.63) is 0 Å². The molecule has 0 spiro atoms. The first-order valence-corrected chi connectivity index (χ1v) is 8.02. The van der Waals surface area contributed by atoms with Gasteiger partial charge in [-0.3, -0.25) is 4.90 Å². The number of hydrogen-bond acceptors (Lipinski definition) is 4. The largest absolute Gasteiger partial charge is 0.352 e. The van der Waals surface area contributed by atoms with Crippen LogP contribution in [0.15, 0.2) is 0 Å². The van der Waals surface area contributed by atoms with E-state index in [4.69, 9.17) is 9.47 Å². The third-order valence-electron chi connectivity index (χ3n) is 4.41. The van der Waals surface area contributed by atoms with Crippen molar-refractivity contribution < 1.29 is 9.47 Å². The predicted molar refractivity (Wildman–Crippen MR) is 77.2 cm³/mol. The number of rotatable bonds is 7. The second-order valence-corrected chi connectivity index (χ2v) is 5.68. The highest BCUT2D eigenvalue weighted by Gasteiger charge is 2.29. The summed E-state index contributed by atoms with van der Waals surface area (Å²) in [5, 5.41) is 3.65. The molecule has 2 heterocycles. The number of nitrogens with zero attached hydrogens (tertiary/aromatic N) is 1. The highest BCUT2D eigenvalue weighted by atomic mass is 16.7. The highest BCUT2D eigenvalue weighted by Crippen LogP contribution is 2.25. The molecule has 0 aliphatic carbocycles. The highest BCUT2D eigenvalue weighted by molar-refractivity contribution is 4.85. The van der Waals surface area contributed by atoms with Crippen molar-refractivity contribution in [2.24, 2.45) is 5.92 Å². The molecule has 2 fully saturated rings. The predicted octanol–water partition coefficient (Wildman–Crippen LogP) is 1.85. The van der Waals surface area contributed by atoms with Crippen molar-refractivity contribution in [2.45, 2.75) is 51.9 Å². The molecule has 1 unspecified atom stereocenters. The van der Waals surface area contributed by atoms with Gasteiger partial charge in [-0.1, -0.05) is 0 Å². The third-order valence-corrected chi connectivity index (χ3v) is 4.41. The molecule has 4 nitrogen and oxygen atoms in total. The molecule has 0 aromatic heterocycles. The Hall–Kier alpha value is -0.160. The van der Waals surface area contributed by atoms with Crippen LogP contribution in [0.4, 0.5) is 0 Å². The van der Waals surface area contributed by atoms with Crippen molar-refractivity contribution in [1.82, 2.24) is 10.2 Å². The Morgan fingerprint density at radius 2 is 1.79 bits per heavy atom. The van der Waals surface area contributed by atoms with Crippen LogP contribution in [-0.2, 0) is 9.47 Å². The molecule has 2 aliphatic rings. The molecule has 1 atom stereocenters. The molecular formula is C15H30N2O2. The van der Waals surface area contributed by atoms with Crippen LogP contribution in [0.25, 0.3) is 0 Å². The maximum Gasteiger partial charge on any atom is 0.170 e. The van der Waals surface area contributed by atoms with Gasteiger partial charge in [0.25, 0.3) is 0 Å². The maximum atomic E-state index is 5.64. The molecule has 4 heteroatoms. The van der Waals surface area contributed by atoms with E-state index in [1.54, 1.807) is 0 Å². The Labute approximate surface area is 117 Å². The van der Waals surface area contributed by atoms with Crippen molar-refractivity contribution in [1.29, 1.82) is 0 Å². The quantitative estimate of drug-likeness (QED) is 0.716. The van der Waals surface area contributed by atoms with Gasteiger partial charge in [-0.05, 0) is 65.1 Å². The lowest BCUT2D eigenvalue weighted by atomic mass is 9.88. The molecule has 0 aromatic carbocycles. The summed E-state index contributed by atoms with van der Waals surface area (Å²) in [6.07, 6.45) is 5.34. The van der Waals surface area contributed by atoms with E-state index >= 15 is 0 Å². The zero-order valence-corrected chi connectivity index (χ0v) is 12.6. The van der Waals surface area contributed by atoms with E-state index in [-0.39, 0.29) is 6.29 Å². The maximum absolute atomic E-state index is 5.64. The Bertz CT molecular complexity index is 230. The average molecular weight is 270 g/mol. The first-order chi connectivity index (χ1) is 9.33. The van der Waals surface area contributed by atoms with Crippen molar-refractivity contribution in [3.8, 4) is 0 Å². The Balaban J connectivity index is 1.69. The average Bonchev–Trinajstić information content (AvgIpc) is 2.94. The molecular weight excluding hydrogens is 240 g/mol. The van der Waals surface area contributed by atoms with Crippen molar-refractivity contribution >= 4 is 0 Å². The van der Waals surface area contributed by atoms with E-state index in [1.807, 2.05) is 13.8 Å². The molecule has 0 radical (unpaired) electrons. The topological polar surface area (TPSA) is 33.7 Å². The molecule has 0 amide bonds.